The maximum absolute atomic E-state index is 12.2. The van der Waals surface area contributed by atoms with Crippen molar-refractivity contribution in [2.75, 3.05) is 5.32 Å². The van der Waals surface area contributed by atoms with Gasteiger partial charge >= 0.3 is 0 Å². The van der Waals surface area contributed by atoms with Crippen LogP contribution in [-0.2, 0) is 0 Å². The van der Waals surface area contributed by atoms with Gasteiger partial charge in [-0.15, -0.1) is 0 Å². The first kappa shape index (κ1) is 16.3. The van der Waals surface area contributed by atoms with Crippen LogP contribution in [0.1, 0.15) is 10.4 Å². The Kier molecular flexibility index (Phi) is 4.91. The molecule has 1 heterocycles. The maximum atomic E-state index is 12.2. The van der Waals surface area contributed by atoms with Crippen LogP contribution in [-0.4, -0.2) is 16.0 Å². The number of halogens is 2. The number of thiazole rings is 1. The van der Waals surface area contributed by atoms with Crippen molar-refractivity contribution in [2.45, 2.75) is 0 Å². The summed E-state index contributed by atoms with van der Waals surface area (Å²) in [5, 5.41) is 6.99. The lowest BCUT2D eigenvalue weighted by Gasteiger charge is -2.08. The maximum Gasteiger partial charge on any atom is 0.258 e. The third kappa shape index (κ3) is 3.87. The number of thiocarbonyl (C=S) groups is 1. The molecule has 0 fully saturated rings. The monoisotopic (exact) mass is 425 g/mol. The standard InChI is InChI=1S/C15H9BrClN3OS2/c16-10-4-2-1-3-9(10)13(21)19-14(22)20-15-18-11-6-5-8(17)7-12(11)23-15/h1-7H,(H2,18,19,20,21,22). The predicted octanol–water partition coefficient (Wildman–Crippen LogP) is 4.84. The molecule has 2 aromatic carbocycles. The zero-order valence-corrected chi connectivity index (χ0v) is 15.4. The molecular weight excluding hydrogens is 418 g/mol. The van der Waals surface area contributed by atoms with E-state index in [-0.39, 0.29) is 11.0 Å². The summed E-state index contributed by atoms with van der Waals surface area (Å²) in [4.78, 5) is 16.6. The molecule has 0 aliphatic carbocycles. The number of carbonyl (C=O) groups excluding carboxylic acids is 1. The van der Waals surface area contributed by atoms with Crippen LogP contribution < -0.4 is 10.6 Å². The van der Waals surface area contributed by atoms with E-state index in [1.54, 1.807) is 24.3 Å². The number of amides is 1. The summed E-state index contributed by atoms with van der Waals surface area (Å²) < 4.78 is 1.65. The first-order valence-corrected chi connectivity index (χ1v) is 8.85. The van der Waals surface area contributed by atoms with Gasteiger partial charge in [-0.05, 0) is 58.5 Å². The lowest BCUT2D eigenvalue weighted by Crippen LogP contribution is -2.34. The summed E-state index contributed by atoms with van der Waals surface area (Å²) in [6, 6.07) is 12.6. The van der Waals surface area contributed by atoms with Crippen molar-refractivity contribution in [3.05, 3.63) is 57.5 Å². The quantitative estimate of drug-likeness (QED) is 0.576. The molecule has 0 saturated carbocycles. The highest BCUT2D eigenvalue weighted by atomic mass is 79.9. The van der Waals surface area contributed by atoms with Crippen LogP contribution in [0.15, 0.2) is 46.9 Å². The average Bonchev–Trinajstić information content (AvgIpc) is 2.88. The third-order valence-corrected chi connectivity index (χ3v) is 4.98. The molecule has 3 rings (SSSR count). The SMILES string of the molecule is O=C(NC(=S)Nc1nc2ccc(Cl)cc2s1)c1ccccc1Br. The molecule has 0 aliphatic heterocycles. The number of hydrogen-bond donors (Lipinski definition) is 2. The van der Waals surface area contributed by atoms with Crippen LogP contribution in [0, 0.1) is 0 Å². The summed E-state index contributed by atoms with van der Waals surface area (Å²) in [6.45, 7) is 0. The molecule has 1 amide bonds. The Labute approximate surface area is 155 Å². The van der Waals surface area contributed by atoms with Crippen molar-refractivity contribution in [1.82, 2.24) is 10.3 Å². The molecule has 0 atom stereocenters. The van der Waals surface area contributed by atoms with Crippen LogP contribution in [0.2, 0.25) is 5.02 Å². The summed E-state index contributed by atoms with van der Waals surface area (Å²) >= 11 is 15.9. The van der Waals surface area contributed by atoms with E-state index in [9.17, 15) is 4.79 Å². The van der Waals surface area contributed by atoms with Crippen LogP contribution in [0.3, 0.4) is 0 Å². The van der Waals surface area contributed by atoms with Crippen LogP contribution >= 0.6 is 51.1 Å². The number of rotatable bonds is 2. The molecule has 116 valence electrons. The third-order valence-electron chi connectivity index (χ3n) is 2.92. The van der Waals surface area contributed by atoms with Crippen molar-refractivity contribution in [2.24, 2.45) is 0 Å². The van der Waals surface area contributed by atoms with Gasteiger partial charge in [-0.2, -0.15) is 0 Å². The van der Waals surface area contributed by atoms with E-state index >= 15 is 0 Å². The van der Waals surface area contributed by atoms with Crippen molar-refractivity contribution < 1.29 is 4.79 Å². The van der Waals surface area contributed by atoms with Crippen molar-refractivity contribution >= 4 is 77.5 Å². The normalized spacial score (nSPS) is 10.5. The lowest BCUT2D eigenvalue weighted by molar-refractivity contribution is 0.0977. The molecule has 1 aromatic heterocycles. The molecule has 2 N–H and O–H groups in total. The van der Waals surface area contributed by atoms with Gasteiger partial charge in [-0.3, -0.25) is 10.1 Å². The van der Waals surface area contributed by atoms with Crippen molar-refractivity contribution in [3.63, 3.8) is 0 Å². The number of hydrogen-bond acceptors (Lipinski definition) is 4. The lowest BCUT2D eigenvalue weighted by atomic mass is 10.2. The van der Waals surface area contributed by atoms with Gasteiger partial charge in [-0.25, -0.2) is 4.98 Å². The first-order chi connectivity index (χ1) is 11.0. The molecule has 4 nitrogen and oxygen atoms in total. The van der Waals surface area contributed by atoms with Gasteiger partial charge in [0.2, 0.25) is 0 Å². The number of aromatic nitrogens is 1. The van der Waals surface area contributed by atoms with E-state index in [0.29, 0.717) is 20.2 Å². The van der Waals surface area contributed by atoms with Crippen LogP contribution in [0.4, 0.5) is 5.13 Å². The Morgan fingerprint density at radius 2 is 2.04 bits per heavy atom. The molecule has 8 heteroatoms. The molecule has 3 aromatic rings. The van der Waals surface area contributed by atoms with Gasteiger partial charge in [0.1, 0.15) is 0 Å². The van der Waals surface area contributed by atoms with Gasteiger partial charge < -0.3 is 5.32 Å². The molecule has 0 radical (unpaired) electrons. The highest BCUT2D eigenvalue weighted by Gasteiger charge is 2.12. The fourth-order valence-electron chi connectivity index (χ4n) is 1.90. The molecular formula is C15H9BrClN3OS2. The summed E-state index contributed by atoms with van der Waals surface area (Å²) in [7, 11) is 0. The van der Waals surface area contributed by atoms with Crippen molar-refractivity contribution in [1.29, 1.82) is 0 Å². The van der Waals surface area contributed by atoms with E-state index in [2.05, 4.69) is 31.5 Å². The number of anilines is 1. The van der Waals surface area contributed by atoms with Gasteiger partial charge in [0.15, 0.2) is 10.2 Å². The van der Waals surface area contributed by atoms with E-state index in [0.717, 1.165) is 10.2 Å². The molecule has 0 saturated heterocycles. The molecule has 0 bridgehead atoms. The number of nitrogens with one attached hydrogen (secondary N) is 2. The highest BCUT2D eigenvalue weighted by Crippen LogP contribution is 2.28. The molecule has 0 spiro atoms. The van der Waals surface area contributed by atoms with E-state index in [1.807, 2.05) is 18.2 Å². The van der Waals surface area contributed by atoms with Crippen molar-refractivity contribution in [3.8, 4) is 0 Å². The average molecular weight is 427 g/mol. The number of benzene rings is 2. The second-order valence-corrected chi connectivity index (χ2v) is 7.25. The van der Waals surface area contributed by atoms with E-state index < -0.39 is 0 Å². The molecule has 23 heavy (non-hydrogen) atoms. The summed E-state index contributed by atoms with van der Waals surface area (Å²) in [6.07, 6.45) is 0. The minimum Gasteiger partial charge on any atom is -0.308 e. The minimum absolute atomic E-state index is 0.191. The summed E-state index contributed by atoms with van der Waals surface area (Å²) in [5.41, 5.74) is 1.33. The van der Waals surface area contributed by atoms with Gasteiger partial charge in [-0.1, -0.05) is 35.1 Å². The highest BCUT2D eigenvalue weighted by molar-refractivity contribution is 9.10. The largest absolute Gasteiger partial charge is 0.308 e. The van der Waals surface area contributed by atoms with Gasteiger partial charge in [0, 0.05) is 9.50 Å². The first-order valence-electron chi connectivity index (χ1n) is 6.46. The number of carbonyl (C=O) groups is 1. The smallest absolute Gasteiger partial charge is 0.258 e. The molecule has 0 unspecified atom stereocenters. The molecule has 0 aliphatic rings. The Balaban J connectivity index is 1.71. The van der Waals surface area contributed by atoms with E-state index in [1.165, 1.54) is 11.3 Å². The zero-order valence-electron chi connectivity index (χ0n) is 11.5. The van der Waals surface area contributed by atoms with Gasteiger partial charge in [0.05, 0.1) is 15.8 Å². The topological polar surface area (TPSA) is 54.0 Å². The fraction of sp³-hybridized carbons (Fsp3) is 0. The number of fused-ring (bicyclic) bond motifs is 1. The van der Waals surface area contributed by atoms with E-state index in [4.69, 9.17) is 23.8 Å². The van der Waals surface area contributed by atoms with Gasteiger partial charge in [0.25, 0.3) is 5.91 Å². The Morgan fingerprint density at radius 1 is 1.26 bits per heavy atom. The number of nitrogens with zero attached hydrogens (tertiary/aromatic N) is 1. The Morgan fingerprint density at radius 3 is 2.83 bits per heavy atom. The predicted molar refractivity (Wildman–Crippen MR) is 102 cm³/mol. The second kappa shape index (κ2) is 6.92. The van der Waals surface area contributed by atoms with Crippen LogP contribution in [0.5, 0.6) is 0 Å². The van der Waals surface area contributed by atoms with Crippen LogP contribution in [0.25, 0.3) is 10.2 Å². The Bertz CT molecular complexity index is 913. The second-order valence-electron chi connectivity index (χ2n) is 4.52. The minimum atomic E-state index is -0.292. The zero-order chi connectivity index (χ0) is 16.4. The summed E-state index contributed by atoms with van der Waals surface area (Å²) in [5.74, 6) is -0.292. The Hall–Kier alpha value is -1.54. The fourth-order valence-corrected chi connectivity index (χ4v) is 3.76.